The molecule has 1 aromatic heterocycles. The third-order valence-electron chi connectivity index (χ3n) is 6.53. The molecule has 1 fully saturated rings. The zero-order chi connectivity index (χ0) is 25.2. The van der Waals surface area contributed by atoms with Crippen LogP contribution in [0, 0.1) is 5.82 Å². The molecule has 0 unspecified atom stereocenters. The first-order valence-corrected chi connectivity index (χ1v) is 12.8. The summed E-state index contributed by atoms with van der Waals surface area (Å²) in [7, 11) is 0. The van der Waals surface area contributed by atoms with E-state index >= 15 is 0 Å². The lowest BCUT2D eigenvalue weighted by atomic mass is 10.0. The summed E-state index contributed by atoms with van der Waals surface area (Å²) in [5, 5.41) is 3.27. The van der Waals surface area contributed by atoms with Gasteiger partial charge in [0, 0.05) is 57.7 Å². The number of nitrogens with zero attached hydrogens (tertiary/aromatic N) is 4. The Bertz CT molecular complexity index is 1050. The highest BCUT2D eigenvalue weighted by Crippen LogP contribution is 2.17. The maximum absolute atomic E-state index is 13.3. The molecule has 2 aromatic carbocycles. The molecule has 1 N–H and O–H groups in total. The number of rotatable bonds is 11. The van der Waals surface area contributed by atoms with E-state index in [0.717, 1.165) is 62.3 Å². The molecule has 8 heteroatoms. The number of benzene rings is 2. The van der Waals surface area contributed by atoms with Gasteiger partial charge >= 0.3 is 6.03 Å². The monoisotopic (exact) mass is 493 g/mol. The SMILES string of the molecule is CCOc1ccc(CN(CCCn2ccnc2)C(=O)NC2CCN(Cc3ccc(F)cc3)CC2)cc1. The van der Waals surface area contributed by atoms with E-state index in [4.69, 9.17) is 4.74 Å². The van der Waals surface area contributed by atoms with Gasteiger partial charge in [0.1, 0.15) is 11.6 Å². The second kappa shape index (κ2) is 13.1. The zero-order valence-corrected chi connectivity index (χ0v) is 21.0. The topological polar surface area (TPSA) is 62.6 Å². The number of aromatic nitrogens is 2. The third kappa shape index (κ3) is 7.81. The summed E-state index contributed by atoms with van der Waals surface area (Å²) in [6, 6.07) is 14.8. The predicted octanol–water partition coefficient (Wildman–Crippen LogP) is 4.69. The number of urea groups is 1. The standard InChI is InChI=1S/C28H36FN5O2/c1-2-36-27-10-6-24(7-11-27)21-34(16-3-15-33-19-14-30-22-33)28(35)31-26-12-17-32(18-13-26)20-23-4-8-25(29)9-5-23/h4-11,14,19,22,26H,2-3,12-13,15-18,20-21H2,1H3,(H,31,35). The first-order valence-electron chi connectivity index (χ1n) is 12.8. The largest absolute Gasteiger partial charge is 0.494 e. The molecular formula is C28H36FN5O2. The van der Waals surface area contributed by atoms with Gasteiger partial charge in [0.2, 0.25) is 0 Å². The van der Waals surface area contributed by atoms with E-state index in [0.29, 0.717) is 19.7 Å². The molecule has 0 atom stereocenters. The summed E-state index contributed by atoms with van der Waals surface area (Å²) < 4.78 is 20.8. The van der Waals surface area contributed by atoms with Crippen molar-refractivity contribution in [3.05, 3.63) is 84.2 Å². The van der Waals surface area contributed by atoms with Crippen LogP contribution in [0.5, 0.6) is 5.75 Å². The Hall–Kier alpha value is -3.39. The number of halogens is 1. The lowest BCUT2D eigenvalue weighted by Gasteiger charge is -2.34. The van der Waals surface area contributed by atoms with Crippen LogP contribution in [-0.2, 0) is 19.6 Å². The number of carbonyl (C=O) groups excluding carboxylic acids is 1. The van der Waals surface area contributed by atoms with Gasteiger partial charge in [-0.2, -0.15) is 0 Å². The van der Waals surface area contributed by atoms with Crippen LogP contribution < -0.4 is 10.1 Å². The smallest absolute Gasteiger partial charge is 0.317 e. The summed E-state index contributed by atoms with van der Waals surface area (Å²) in [5.74, 6) is 0.629. The van der Waals surface area contributed by atoms with Crippen LogP contribution >= 0.6 is 0 Å². The fourth-order valence-electron chi connectivity index (χ4n) is 4.54. The van der Waals surface area contributed by atoms with Crippen LogP contribution in [0.15, 0.2) is 67.3 Å². The normalized spacial score (nSPS) is 14.5. The fourth-order valence-corrected chi connectivity index (χ4v) is 4.54. The van der Waals surface area contributed by atoms with Crippen molar-refractivity contribution in [2.45, 2.75) is 51.9 Å². The zero-order valence-electron chi connectivity index (χ0n) is 21.0. The molecule has 0 saturated carbocycles. The molecule has 0 bridgehead atoms. The van der Waals surface area contributed by atoms with Gasteiger partial charge in [-0.15, -0.1) is 0 Å². The first kappa shape index (κ1) is 25.7. The van der Waals surface area contributed by atoms with E-state index in [1.54, 1.807) is 12.5 Å². The van der Waals surface area contributed by atoms with Gasteiger partial charge in [-0.05, 0) is 61.6 Å². The van der Waals surface area contributed by atoms with E-state index in [1.807, 2.05) is 59.0 Å². The number of piperidine rings is 1. The number of carbonyl (C=O) groups is 1. The number of imidazole rings is 1. The quantitative estimate of drug-likeness (QED) is 0.421. The van der Waals surface area contributed by atoms with Crippen molar-refractivity contribution in [1.82, 2.24) is 24.7 Å². The number of aryl methyl sites for hydroxylation is 1. The van der Waals surface area contributed by atoms with Gasteiger partial charge in [-0.25, -0.2) is 14.2 Å². The van der Waals surface area contributed by atoms with Gasteiger partial charge in [-0.3, -0.25) is 4.90 Å². The summed E-state index contributed by atoms with van der Waals surface area (Å²) in [6.45, 7) is 7.22. The van der Waals surface area contributed by atoms with E-state index in [-0.39, 0.29) is 17.9 Å². The molecule has 0 radical (unpaired) electrons. The number of amides is 2. The number of ether oxygens (including phenoxy) is 1. The molecule has 1 aliphatic rings. The van der Waals surface area contributed by atoms with Gasteiger partial charge in [0.15, 0.2) is 0 Å². The Morgan fingerprint density at radius 2 is 1.83 bits per heavy atom. The molecule has 2 amide bonds. The Balaban J connectivity index is 1.30. The summed E-state index contributed by atoms with van der Waals surface area (Å²) in [6.07, 6.45) is 8.16. The molecular weight excluding hydrogens is 457 g/mol. The predicted molar refractivity (Wildman–Crippen MR) is 138 cm³/mol. The fraction of sp³-hybridized carbons (Fsp3) is 0.429. The third-order valence-corrected chi connectivity index (χ3v) is 6.53. The Labute approximate surface area is 212 Å². The van der Waals surface area contributed by atoms with Crippen LogP contribution in [0.25, 0.3) is 0 Å². The maximum Gasteiger partial charge on any atom is 0.317 e. The summed E-state index contributed by atoms with van der Waals surface area (Å²) in [4.78, 5) is 21.7. The summed E-state index contributed by atoms with van der Waals surface area (Å²) in [5.41, 5.74) is 2.18. The highest BCUT2D eigenvalue weighted by atomic mass is 19.1. The van der Waals surface area contributed by atoms with Gasteiger partial charge in [0.05, 0.1) is 12.9 Å². The van der Waals surface area contributed by atoms with E-state index in [1.165, 1.54) is 12.1 Å². The molecule has 192 valence electrons. The molecule has 4 rings (SSSR count). The molecule has 7 nitrogen and oxygen atoms in total. The minimum absolute atomic E-state index is 0.0218. The van der Waals surface area contributed by atoms with Crippen molar-refractivity contribution in [2.75, 3.05) is 26.2 Å². The lowest BCUT2D eigenvalue weighted by molar-refractivity contribution is 0.166. The van der Waals surface area contributed by atoms with Crippen molar-refractivity contribution in [1.29, 1.82) is 0 Å². The van der Waals surface area contributed by atoms with E-state index < -0.39 is 0 Å². The number of hydrogen-bond donors (Lipinski definition) is 1. The van der Waals surface area contributed by atoms with Crippen LogP contribution in [0.1, 0.15) is 37.3 Å². The average molecular weight is 494 g/mol. The molecule has 3 aromatic rings. The van der Waals surface area contributed by atoms with Crippen molar-refractivity contribution < 1.29 is 13.9 Å². The number of nitrogens with one attached hydrogen (secondary N) is 1. The number of likely N-dealkylation sites (tertiary alicyclic amines) is 1. The lowest BCUT2D eigenvalue weighted by Crippen LogP contribution is -2.49. The molecule has 1 aliphatic heterocycles. The minimum atomic E-state index is -0.208. The van der Waals surface area contributed by atoms with E-state index in [2.05, 4.69) is 15.2 Å². The molecule has 2 heterocycles. The highest BCUT2D eigenvalue weighted by molar-refractivity contribution is 5.74. The van der Waals surface area contributed by atoms with Gasteiger partial charge in [0.25, 0.3) is 0 Å². The highest BCUT2D eigenvalue weighted by Gasteiger charge is 2.23. The van der Waals surface area contributed by atoms with E-state index in [9.17, 15) is 9.18 Å². The maximum atomic E-state index is 13.3. The van der Waals surface area contributed by atoms with Crippen LogP contribution in [0.4, 0.5) is 9.18 Å². The van der Waals surface area contributed by atoms with Crippen LogP contribution in [-0.4, -0.2) is 57.7 Å². The first-order chi connectivity index (χ1) is 17.6. The number of hydrogen-bond acceptors (Lipinski definition) is 4. The van der Waals surface area contributed by atoms with Crippen LogP contribution in [0.2, 0.25) is 0 Å². The Kier molecular flexibility index (Phi) is 9.33. The van der Waals surface area contributed by atoms with Crippen molar-refractivity contribution >= 4 is 6.03 Å². The molecule has 0 spiro atoms. The van der Waals surface area contributed by atoms with Crippen molar-refractivity contribution in [3.63, 3.8) is 0 Å². The van der Waals surface area contributed by atoms with Gasteiger partial charge < -0.3 is 19.5 Å². The Morgan fingerprint density at radius 3 is 2.50 bits per heavy atom. The van der Waals surface area contributed by atoms with Crippen molar-refractivity contribution in [2.24, 2.45) is 0 Å². The van der Waals surface area contributed by atoms with Crippen LogP contribution in [0.3, 0.4) is 0 Å². The second-order valence-electron chi connectivity index (χ2n) is 9.28. The van der Waals surface area contributed by atoms with Crippen molar-refractivity contribution in [3.8, 4) is 5.75 Å². The molecule has 0 aliphatic carbocycles. The molecule has 1 saturated heterocycles. The minimum Gasteiger partial charge on any atom is -0.494 e. The van der Waals surface area contributed by atoms with Gasteiger partial charge in [-0.1, -0.05) is 24.3 Å². The average Bonchev–Trinajstić information content (AvgIpc) is 3.41. The summed E-state index contributed by atoms with van der Waals surface area (Å²) >= 11 is 0. The molecule has 36 heavy (non-hydrogen) atoms. The second-order valence-corrected chi connectivity index (χ2v) is 9.28. The Morgan fingerprint density at radius 1 is 1.11 bits per heavy atom.